The predicted molar refractivity (Wildman–Crippen MR) is 50.6 cm³/mol. The first-order valence-corrected chi connectivity index (χ1v) is 4.70. The molecular formula is C8H12N2S. The molecule has 0 aromatic carbocycles. The Morgan fingerprint density at radius 1 is 1.64 bits per heavy atom. The molecule has 1 rings (SSSR count). The Balaban J connectivity index is 2.28. The minimum atomic E-state index is 1.07. The van der Waals surface area contributed by atoms with Gasteiger partial charge in [0.2, 0.25) is 0 Å². The normalized spacial score (nSPS) is 9.55. The van der Waals surface area contributed by atoms with E-state index in [1.807, 2.05) is 18.3 Å². The van der Waals surface area contributed by atoms with Crippen molar-refractivity contribution in [2.24, 2.45) is 0 Å². The van der Waals surface area contributed by atoms with Gasteiger partial charge in [-0.25, -0.2) is 0 Å². The Labute approximate surface area is 71.6 Å². The lowest BCUT2D eigenvalue weighted by Gasteiger charge is -2.01. The van der Waals surface area contributed by atoms with Gasteiger partial charge in [0.1, 0.15) is 0 Å². The van der Waals surface area contributed by atoms with E-state index >= 15 is 0 Å². The number of pyridine rings is 1. The molecule has 11 heavy (non-hydrogen) atoms. The van der Waals surface area contributed by atoms with Gasteiger partial charge in [-0.05, 0) is 18.6 Å². The molecule has 0 saturated carbocycles. The topological polar surface area (TPSA) is 24.9 Å². The molecule has 0 aliphatic carbocycles. The smallest absolute Gasteiger partial charge is 0.0625 e. The van der Waals surface area contributed by atoms with Crippen molar-refractivity contribution in [1.29, 1.82) is 0 Å². The summed E-state index contributed by atoms with van der Waals surface area (Å²) in [6, 6.07) is 3.94. The summed E-state index contributed by atoms with van der Waals surface area (Å²) < 4.78 is 3.20. The number of anilines is 1. The van der Waals surface area contributed by atoms with Gasteiger partial charge in [0.15, 0.2) is 0 Å². The molecule has 1 heterocycles. The van der Waals surface area contributed by atoms with E-state index in [0.717, 1.165) is 11.4 Å². The van der Waals surface area contributed by atoms with E-state index in [0.29, 0.717) is 0 Å². The van der Waals surface area contributed by atoms with E-state index in [1.54, 1.807) is 18.1 Å². The largest absolute Gasteiger partial charge is 0.328 e. The van der Waals surface area contributed by atoms with Crippen LogP contribution >= 0.6 is 11.9 Å². The fraction of sp³-hybridized carbons (Fsp3) is 0.375. The molecule has 3 heteroatoms. The quantitative estimate of drug-likeness (QED) is 0.552. The van der Waals surface area contributed by atoms with Crippen LogP contribution < -0.4 is 4.72 Å². The molecule has 0 bridgehead atoms. The molecular weight excluding hydrogens is 156 g/mol. The van der Waals surface area contributed by atoms with Crippen LogP contribution in [0.2, 0.25) is 0 Å². The molecule has 1 aromatic rings. The van der Waals surface area contributed by atoms with E-state index in [2.05, 4.69) is 16.6 Å². The molecule has 0 amide bonds. The van der Waals surface area contributed by atoms with Crippen LogP contribution in [0.1, 0.15) is 13.3 Å². The number of nitrogens with zero attached hydrogens (tertiary/aromatic N) is 1. The molecule has 1 N–H and O–H groups in total. The van der Waals surface area contributed by atoms with Gasteiger partial charge in [-0.3, -0.25) is 4.98 Å². The van der Waals surface area contributed by atoms with Crippen molar-refractivity contribution in [2.75, 3.05) is 10.5 Å². The lowest BCUT2D eigenvalue weighted by atomic mass is 10.4. The first kappa shape index (κ1) is 8.40. The summed E-state index contributed by atoms with van der Waals surface area (Å²) in [5, 5.41) is 0. The van der Waals surface area contributed by atoms with E-state index in [9.17, 15) is 0 Å². The maximum absolute atomic E-state index is 3.99. The number of nitrogens with one attached hydrogen (secondary N) is 1. The average Bonchev–Trinajstić information content (AvgIpc) is 2.07. The molecule has 0 fully saturated rings. The Hall–Kier alpha value is -0.700. The lowest BCUT2D eigenvalue weighted by Crippen LogP contribution is -1.88. The van der Waals surface area contributed by atoms with Crippen molar-refractivity contribution in [3.63, 3.8) is 0 Å². The van der Waals surface area contributed by atoms with Crippen LogP contribution in [0.3, 0.4) is 0 Å². The van der Waals surface area contributed by atoms with Crippen molar-refractivity contribution >= 4 is 17.6 Å². The molecule has 0 saturated heterocycles. The molecule has 0 atom stereocenters. The standard InChI is InChI=1S/C8H12N2S/c1-2-6-11-10-8-4-3-5-9-7-8/h3-5,7,10H,2,6H2,1H3. The second-order valence-electron chi connectivity index (χ2n) is 2.19. The van der Waals surface area contributed by atoms with Gasteiger partial charge < -0.3 is 4.72 Å². The van der Waals surface area contributed by atoms with Crippen LogP contribution in [0.25, 0.3) is 0 Å². The lowest BCUT2D eigenvalue weighted by molar-refractivity contribution is 1.11. The van der Waals surface area contributed by atoms with Gasteiger partial charge in [-0.1, -0.05) is 18.9 Å². The summed E-state index contributed by atoms with van der Waals surface area (Å²) in [5.41, 5.74) is 1.07. The maximum atomic E-state index is 3.99. The monoisotopic (exact) mass is 168 g/mol. The van der Waals surface area contributed by atoms with Crippen molar-refractivity contribution in [3.8, 4) is 0 Å². The number of hydrogen-bond acceptors (Lipinski definition) is 3. The fourth-order valence-electron chi connectivity index (χ4n) is 0.660. The van der Waals surface area contributed by atoms with Crippen LogP contribution in [0.5, 0.6) is 0 Å². The molecule has 0 aliphatic heterocycles. The minimum Gasteiger partial charge on any atom is -0.328 e. The van der Waals surface area contributed by atoms with Crippen LogP contribution in [0.15, 0.2) is 24.5 Å². The molecule has 60 valence electrons. The molecule has 1 aromatic heterocycles. The summed E-state index contributed by atoms with van der Waals surface area (Å²) >= 11 is 1.72. The van der Waals surface area contributed by atoms with E-state index in [-0.39, 0.29) is 0 Å². The number of rotatable bonds is 4. The average molecular weight is 168 g/mol. The first-order chi connectivity index (χ1) is 5.43. The van der Waals surface area contributed by atoms with Crippen molar-refractivity contribution < 1.29 is 0 Å². The molecule has 0 unspecified atom stereocenters. The highest BCUT2D eigenvalue weighted by Crippen LogP contribution is 2.10. The molecule has 0 radical (unpaired) electrons. The number of aromatic nitrogens is 1. The van der Waals surface area contributed by atoms with Crippen LogP contribution in [-0.2, 0) is 0 Å². The van der Waals surface area contributed by atoms with Gasteiger partial charge in [0.05, 0.1) is 11.9 Å². The van der Waals surface area contributed by atoms with Crippen molar-refractivity contribution in [3.05, 3.63) is 24.5 Å². The number of hydrogen-bond donors (Lipinski definition) is 1. The van der Waals surface area contributed by atoms with Gasteiger partial charge in [0, 0.05) is 11.9 Å². The molecule has 2 nitrogen and oxygen atoms in total. The third-order valence-corrected chi connectivity index (χ3v) is 2.15. The summed E-state index contributed by atoms with van der Waals surface area (Å²) in [7, 11) is 0. The van der Waals surface area contributed by atoms with Gasteiger partial charge >= 0.3 is 0 Å². The van der Waals surface area contributed by atoms with Crippen molar-refractivity contribution in [1.82, 2.24) is 4.98 Å². The van der Waals surface area contributed by atoms with E-state index < -0.39 is 0 Å². The third kappa shape index (κ3) is 3.28. The van der Waals surface area contributed by atoms with Crippen LogP contribution in [-0.4, -0.2) is 10.7 Å². The predicted octanol–water partition coefficient (Wildman–Crippen LogP) is 2.55. The Morgan fingerprint density at radius 3 is 3.18 bits per heavy atom. The highest BCUT2D eigenvalue weighted by molar-refractivity contribution is 8.00. The van der Waals surface area contributed by atoms with Crippen LogP contribution in [0, 0.1) is 0 Å². The van der Waals surface area contributed by atoms with E-state index in [1.165, 1.54) is 6.42 Å². The Kier molecular flexibility index (Phi) is 3.83. The zero-order chi connectivity index (χ0) is 7.94. The SMILES string of the molecule is CCCSNc1cccnc1. The second-order valence-corrected chi connectivity index (χ2v) is 3.09. The van der Waals surface area contributed by atoms with Gasteiger partial charge in [-0.2, -0.15) is 0 Å². The minimum absolute atomic E-state index is 1.07. The van der Waals surface area contributed by atoms with Gasteiger partial charge in [0.25, 0.3) is 0 Å². The summed E-state index contributed by atoms with van der Waals surface area (Å²) in [4.78, 5) is 3.99. The Bertz CT molecular complexity index is 189. The second kappa shape index (κ2) is 5.02. The zero-order valence-electron chi connectivity index (χ0n) is 6.58. The Morgan fingerprint density at radius 2 is 2.55 bits per heavy atom. The third-order valence-electron chi connectivity index (χ3n) is 1.16. The fourth-order valence-corrected chi connectivity index (χ4v) is 1.25. The molecule has 0 spiro atoms. The summed E-state index contributed by atoms with van der Waals surface area (Å²) in [5.74, 6) is 1.13. The zero-order valence-corrected chi connectivity index (χ0v) is 7.40. The molecule has 0 aliphatic rings. The van der Waals surface area contributed by atoms with E-state index in [4.69, 9.17) is 0 Å². The summed E-state index contributed by atoms with van der Waals surface area (Å²) in [6.45, 7) is 2.16. The maximum Gasteiger partial charge on any atom is 0.0625 e. The highest BCUT2D eigenvalue weighted by Gasteiger charge is 1.87. The van der Waals surface area contributed by atoms with Crippen molar-refractivity contribution in [2.45, 2.75) is 13.3 Å². The summed E-state index contributed by atoms with van der Waals surface area (Å²) in [6.07, 6.45) is 4.79. The first-order valence-electron chi connectivity index (χ1n) is 3.71. The van der Waals surface area contributed by atoms with Crippen LogP contribution in [0.4, 0.5) is 5.69 Å². The highest BCUT2D eigenvalue weighted by atomic mass is 32.2. The van der Waals surface area contributed by atoms with Gasteiger partial charge in [-0.15, -0.1) is 0 Å².